The summed E-state index contributed by atoms with van der Waals surface area (Å²) in [6.45, 7) is 3.29. The van der Waals surface area contributed by atoms with Crippen LogP contribution in [0, 0.1) is 0 Å². The molecule has 0 aliphatic carbocycles. The van der Waals surface area contributed by atoms with Gasteiger partial charge in [-0.2, -0.15) is 0 Å². The van der Waals surface area contributed by atoms with E-state index >= 15 is 0 Å². The first-order valence-corrected chi connectivity index (χ1v) is 6.97. The predicted molar refractivity (Wildman–Crippen MR) is 75.5 cm³/mol. The second-order valence-corrected chi connectivity index (χ2v) is 6.42. The van der Waals surface area contributed by atoms with E-state index in [-0.39, 0.29) is 18.5 Å². The van der Waals surface area contributed by atoms with Crippen molar-refractivity contribution >= 4 is 45.2 Å². The van der Waals surface area contributed by atoms with Gasteiger partial charge < -0.3 is 10.0 Å². The van der Waals surface area contributed by atoms with Crippen LogP contribution >= 0.6 is 27.3 Å². The summed E-state index contributed by atoms with van der Waals surface area (Å²) >= 11 is 4.84. The van der Waals surface area contributed by atoms with Crippen molar-refractivity contribution in [1.29, 1.82) is 0 Å². The van der Waals surface area contributed by atoms with Crippen molar-refractivity contribution in [2.45, 2.75) is 19.9 Å². The summed E-state index contributed by atoms with van der Waals surface area (Å²) in [5.74, 6) is -1.30. The molecule has 18 heavy (non-hydrogen) atoms. The number of carbonyl (C=O) groups is 2. The Morgan fingerprint density at radius 3 is 2.61 bits per heavy atom. The van der Waals surface area contributed by atoms with Gasteiger partial charge in [-0.3, -0.25) is 9.59 Å². The lowest BCUT2D eigenvalue weighted by Gasteiger charge is -2.23. The van der Waals surface area contributed by atoms with Crippen LogP contribution in [-0.4, -0.2) is 34.5 Å². The van der Waals surface area contributed by atoms with E-state index in [9.17, 15) is 9.59 Å². The van der Waals surface area contributed by atoms with Crippen LogP contribution in [0.3, 0.4) is 0 Å². The Labute approximate surface area is 118 Å². The largest absolute Gasteiger partial charge is 0.480 e. The molecule has 6 heteroatoms. The van der Waals surface area contributed by atoms with Crippen LogP contribution in [0.15, 0.2) is 22.0 Å². The third-order valence-corrected chi connectivity index (χ3v) is 3.79. The Morgan fingerprint density at radius 2 is 2.17 bits per heavy atom. The van der Waals surface area contributed by atoms with Crippen LogP contribution in [0.5, 0.6) is 0 Å². The van der Waals surface area contributed by atoms with Gasteiger partial charge in [0.15, 0.2) is 0 Å². The molecule has 0 unspecified atom stereocenters. The molecule has 0 saturated carbocycles. The lowest BCUT2D eigenvalue weighted by Crippen LogP contribution is -2.39. The Hall–Kier alpha value is -1.14. The molecule has 4 nitrogen and oxygen atoms in total. The van der Waals surface area contributed by atoms with Gasteiger partial charge in [0.1, 0.15) is 6.54 Å². The van der Waals surface area contributed by atoms with Crippen molar-refractivity contribution in [3.05, 3.63) is 26.9 Å². The Balaban J connectivity index is 2.72. The normalized spacial score (nSPS) is 11.1. The van der Waals surface area contributed by atoms with Crippen molar-refractivity contribution in [3.8, 4) is 0 Å². The van der Waals surface area contributed by atoms with Crippen molar-refractivity contribution in [3.63, 3.8) is 0 Å². The standard InChI is InChI=1S/C12H14BrNO3S/c1-8(2)14(7-12(16)17)11(15)6-4-9-3-5-10(13)18-9/h3-6,8H,7H2,1-2H3,(H,16,17)/b6-4+. The highest BCUT2D eigenvalue weighted by molar-refractivity contribution is 9.11. The first-order chi connectivity index (χ1) is 8.40. The third kappa shape index (κ3) is 4.62. The molecule has 0 radical (unpaired) electrons. The van der Waals surface area contributed by atoms with Gasteiger partial charge in [0.05, 0.1) is 3.79 Å². The van der Waals surface area contributed by atoms with Crippen LogP contribution in [-0.2, 0) is 9.59 Å². The molecule has 0 fully saturated rings. The first kappa shape index (κ1) is 14.9. The van der Waals surface area contributed by atoms with Crippen molar-refractivity contribution < 1.29 is 14.7 Å². The van der Waals surface area contributed by atoms with Crippen LogP contribution in [0.1, 0.15) is 18.7 Å². The number of hydrogen-bond acceptors (Lipinski definition) is 3. The molecule has 1 aromatic heterocycles. The van der Waals surface area contributed by atoms with Gasteiger partial charge in [-0.15, -0.1) is 11.3 Å². The van der Waals surface area contributed by atoms with Gasteiger partial charge in [-0.25, -0.2) is 0 Å². The van der Waals surface area contributed by atoms with Crippen molar-refractivity contribution in [2.24, 2.45) is 0 Å². The molecule has 1 N–H and O–H groups in total. The minimum atomic E-state index is -1.01. The number of thiophene rings is 1. The lowest BCUT2D eigenvalue weighted by atomic mass is 10.3. The molecular formula is C12H14BrNO3S. The van der Waals surface area contributed by atoms with Gasteiger partial charge in [-0.05, 0) is 48.0 Å². The zero-order valence-electron chi connectivity index (χ0n) is 10.1. The van der Waals surface area contributed by atoms with Crippen molar-refractivity contribution in [2.75, 3.05) is 6.54 Å². The van der Waals surface area contributed by atoms with Crippen LogP contribution < -0.4 is 0 Å². The van der Waals surface area contributed by atoms with Gasteiger partial charge >= 0.3 is 5.97 Å². The Bertz CT molecular complexity index is 468. The number of nitrogens with zero attached hydrogens (tertiary/aromatic N) is 1. The van der Waals surface area contributed by atoms with Gasteiger partial charge in [-0.1, -0.05) is 0 Å². The number of carboxylic acids is 1. The molecule has 0 bridgehead atoms. The maximum absolute atomic E-state index is 11.9. The molecule has 98 valence electrons. The molecule has 0 atom stereocenters. The zero-order chi connectivity index (χ0) is 13.7. The Kier molecular flexibility index (Phi) is 5.55. The number of amides is 1. The van der Waals surface area contributed by atoms with E-state index in [2.05, 4.69) is 15.9 Å². The summed E-state index contributed by atoms with van der Waals surface area (Å²) in [4.78, 5) is 24.8. The summed E-state index contributed by atoms with van der Waals surface area (Å²) < 4.78 is 0.987. The smallest absolute Gasteiger partial charge is 0.323 e. The molecule has 1 rings (SSSR count). The second-order valence-electron chi connectivity index (χ2n) is 3.93. The summed E-state index contributed by atoms with van der Waals surface area (Å²) in [6, 6.07) is 3.63. The number of rotatable bonds is 5. The third-order valence-electron chi connectivity index (χ3n) is 2.20. The van der Waals surface area contributed by atoms with E-state index < -0.39 is 5.97 Å². The zero-order valence-corrected chi connectivity index (χ0v) is 12.5. The van der Waals surface area contributed by atoms with E-state index in [0.29, 0.717) is 0 Å². The second kappa shape index (κ2) is 6.70. The molecule has 1 heterocycles. The monoisotopic (exact) mass is 331 g/mol. The van der Waals surface area contributed by atoms with E-state index in [4.69, 9.17) is 5.11 Å². The van der Waals surface area contributed by atoms with Gasteiger partial charge in [0.2, 0.25) is 5.91 Å². The molecule has 0 aliphatic heterocycles. The molecule has 0 spiro atoms. The van der Waals surface area contributed by atoms with Crippen LogP contribution in [0.4, 0.5) is 0 Å². The fourth-order valence-electron chi connectivity index (χ4n) is 1.33. The summed E-state index contributed by atoms with van der Waals surface area (Å²) in [7, 11) is 0. The quantitative estimate of drug-likeness (QED) is 0.844. The lowest BCUT2D eigenvalue weighted by molar-refractivity contribution is -0.143. The van der Waals surface area contributed by atoms with Crippen molar-refractivity contribution in [1.82, 2.24) is 4.90 Å². The number of hydrogen-bond donors (Lipinski definition) is 1. The fourth-order valence-corrected chi connectivity index (χ4v) is 2.65. The van der Waals surface area contributed by atoms with Crippen LogP contribution in [0.25, 0.3) is 6.08 Å². The van der Waals surface area contributed by atoms with E-state index in [1.54, 1.807) is 19.9 Å². The number of halogens is 1. The molecular weight excluding hydrogens is 318 g/mol. The highest BCUT2D eigenvalue weighted by Gasteiger charge is 2.17. The molecule has 1 aromatic rings. The SMILES string of the molecule is CC(C)N(CC(=O)O)C(=O)/C=C/c1ccc(Br)s1. The number of carbonyl (C=O) groups excluding carboxylic acids is 1. The summed E-state index contributed by atoms with van der Waals surface area (Å²) in [5, 5.41) is 8.75. The van der Waals surface area contributed by atoms with Crippen LogP contribution in [0.2, 0.25) is 0 Å². The highest BCUT2D eigenvalue weighted by atomic mass is 79.9. The summed E-state index contributed by atoms with van der Waals surface area (Å²) in [6.07, 6.45) is 3.09. The molecule has 0 saturated heterocycles. The first-order valence-electron chi connectivity index (χ1n) is 5.36. The topological polar surface area (TPSA) is 57.6 Å². The summed E-state index contributed by atoms with van der Waals surface area (Å²) in [5.41, 5.74) is 0. The minimum Gasteiger partial charge on any atom is -0.480 e. The maximum Gasteiger partial charge on any atom is 0.323 e. The number of aliphatic carboxylic acids is 1. The average Bonchev–Trinajstić information content (AvgIpc) is 2.68. The van der Waals surface area contributed by atoms with Gasteiger partial charge in [0.25, 0.3) is 0 Å². The fraction of sp³-hybridized carbons (Fsp3) is 0.333. The van der Waals surface area contributed by atoms with E-state index in [0.717, 1.165) is 8.66 Å². The number of carboxylic acid groups (broad SMARTS) is 1. The Morgan fingerprint density at radius 1 is 1.50 bits per heavy atom. The highest BCUT2D eigenvalue weighted by Crippen LogP contribution is 2.23. The van der Waals surface area contributed by atoms with Gasteiger partial charge in [0, 0.05) is 17.0 Å². The maximum atomic E-state index is 11.9. The molecule has 0 aliphatic rings. The van der Waals surface area contributed by atoms with E-state index in [1.165, 1.54) is 22.3 Å². The predicted octanol–water partition coefficient (Wildman–Crippen LogP) is 2.85. The molecule has 1 amide bonds. The van der Waals surface area contributed by atoms with E-state index in [1.807, 2.05) is 12.1 Å². The molecule has 0 aromatic carbocycles. The average molecular weight is 332 g/mol. The minimum absolute atomic E-state index is 0.145.